The zero-order chi connectivity index (χ0) is 13.8. The fraction of sp³-hybridized carbons (Fsp3) is 0.231. The highest BCUT2D eigenvalue weighted by Gasteiger charge is 2.14. The maximum atomic E-state index is 11.1. The molecule has 1 aromatic heterocycles. The highest BCUT2D eigenvalue weighted by molar-refractivity contribution is 5.91. The largest absolute Gasteiger partial charge is 0.493 e. The second-order valence-electron chi connectivity index (χ2n) is 3.82. The van der Waals surface area contributed by atoms with Crippen molar-refractivity contribution in [2.24, 2.45) is 0 Å². The quantitative estimate of drug-likeness (QED) is 0.915. The molecule has 0 aliphatic heterocycles. The first-order valence-corrected chi connectivity index (χ1v) is 5.60. The van der Waals surface area contributed by atoms with E-state index in [0.717, 1.165) is 5.56 Å². The molecule has 1 N–H and O–H groups in total. The Balaban J connectivity index is 2.42. The van der Waals surface area contributed by atoms with E-state index >= 15 is 0 Å². The van der Waals surface area contributed by atoms with Crippen LogP contribution in [0.2, 0.25) is 0 Å². The number of anilines is 1. The molecule has 0 aliphatic carbocycles. The van der Waals surface area contributed by atoms with Crippen molar-refractivity contribution in [2.75, 3.05) is 19.5 Å². The summed E-state index contributed by atoms with van der Waals surface area (Å²) in [4.78, 5) is 11.1. The van der Waals surface area contributed by atoms with Gasteiger partial charge in [0.1, 0.15) is 0 Å². The molecule has 0 unspecified atom stereocenters. The molecular weight excluding hydrogens is 248 g/mol. The fourth-order valence-corrected chi connectivity index (χ4v) is 1.70. The van der Waals surface area contributed by atoms with E-state index in [-0.39, 0.29) is 5.91 Å². The normalized spacial score (nSPS) is 10.1. The Bertz CT molecular complexity index is 592. The van der Waals surface area contributed by atoms with Crippen molar-refractivity contribution in [3.63, 3.8) is 0 Å². The summed E-state index contributed by atoms with van der Waals surface area (Å²) in [5, 5.41) is 6.27. The Kier molecular flexibility index (Phi) is 3.70. The van der Waals surface area contributed by atoms with Crippen LogP contribution in [0.4, 0.5) is 5.88 Å². The molecule has 1 aromatic carbocycles. The minimum absolute atomic E-state index is 0.224. The molecule has 19 heavy (non-hydrogen) atoms. The van der Waals surface area contributed by atoms with Gasteiger partial charge in [-0.2, -0.15) is 0 Å². The van der Waals surface area contributed by atoms with Crippen LogP contribution in [0.3, 0.4) is 0 Å². The lowest BCUT2D eigenvalue weighted by atomic mass is 10.1. The number of methoxy groups -OCH3 is 2. The molecule has 2 rings (SSSR count). The van der Waals surface area contributed by atoms with Crippen LogP contribution in [-0.4, -0.2) is 25.3 Å². The third-order valence-corrected chi connectivity index (χ3v) is 2.55. The van der Waals surface area contributed by atoms with Crippen molar-refractivity contribution in [1.29, 1.82) is 0 Å². The molecule has 6 nitrogen and oxygen atoms in total. The maximum Gasteiger partial charge on any atom is 0.239 e. The molecule has 1 heterocycles. The Morgan fingerprint density at radius 1 is 1.26 bits per heavy atom. The van der Waals surface area contributed by atoms with Gasteiger partial charge < -0.3 is 14.0 Å². The molecule has 2 aromatic rings. The molecule has 6 heteroatoms. The summed E-state index contributed by atoms with van der Waals surface area (Å²) >= 11 is 0. The predicted molar refractivity (Wildman–Crippen MR) is 69.3 cm³/mol. The van der Waals surface area contributed by atoms with Crippen LogP contribution in [0, 0.1) is 0 Å². The van der Waals surface area contributed by atoms with Gasteiger partial charge in [-0.25, -0.2) is 0 Å². The van der Waals surface area contributed by atoms with Gasteiger partial charge in [0, 0.05) is 6.92 Å². The van der Waals surface area contributed by atoms with Crippen molar-refractivity contribution in [2.45, 2.75) is 6.92 Å². The number of amides is 1. The number of hydrogen-bond donors (Lipinski definition) is 1. The number of ether oxygens (including phenoxy) is 2. The highest BCUT2D eigenvalue weighted by atomic mass is 16.5. The Labute approximate surface area is 110 Å². The molecule has 0 saturated heterocycles. The van der Waals surface area contributed by atoms with Gasteiger partial charge in [0.15, 0.2) is 11.5 Å². The van der Waals surface area contributed by atoms with E-state index in [9.17, 15) is 4.79 Å². The number of hydrogen-bond acceptors (Lipinski definition) is 5. The van der Waals surface area contributed by atoms with Gasteiger partial charge in [0.2, 0.25) is 11.8 Å². The van der Waals surface area contributed by atoms with Gasteiger partial charge >= 0.3 is 0 Å². The van der Waals surface area contributed by atoms with Crippen LogP contribution >= 0.6 is 0 Å². The Hall–Kier alpha value is -2.50. The third-order valence-electron chi connectivity index (χ3n) is 2.55. The fourth-order valence-electron chi connectivity index (χ4n) is 1.70. The minimum Gasteiger partial charge on any atom is -0.493 e. The molecule has 100 valence electrons. The van der Waals surface area contributed by atoms with E-state index in [0.29, 0.717) is 22.9 Å². The first-order valence-electron chi connectivity index (χ1n) is 5.60. The number of nitrogens with zero attached hydrogens (tertiary/aromatic N) is 1. The number of carbonyl (C=O) groups is 1. The molecule has 1 amide bonds. The second kappa shape index (κ2) is 5.43. The SMILES string of the molecule is COc1ccc(-c2cnoc2NC(C)=O)cc1OC. The first kappa shape index (κ1) is 12.9. The average molecular weight is 262 g/mol. The summed E-state index contributed by atoms with van der Waals surface area (Å²) < 4.78 is 15.4. The molecule has 0 atom stereocenters. The Morgan fingerprint density at radius 2 is 2.00 bits per heavy atom. The molecule has 0 fully saturated rings. The monoisotopic (exact) mass is 262 g/mol. The van der Waals surface area contributed by atoms with Crippen LogP contribution in [0.5, 0.6) is 11.5 Å². The van der Waals surface area contributed by atoms with Crippen LogP contribution in [-0.2, 0) is 4.79 Å². The lowest BCUT2D eigenvalue weighted by Crippen LogP contribution is -2.05. The predicted octanol–water partition coefficient (Wildman–Crippen LogP) is 2.32. The molecule has 0 bridgehead atoms. The van der Waals surface area contributed by atoms with Gasteiger partial charge in [0.25, 0.3) is 0 Å². The summed E-state index contributed by atoms with van der Waals surface area (Å²) in [5.41, 5.74) is 1.49. The van der Waals surface area contributed by atoms with Crippen LogP contribution in [0.15, 0.2) is 28.9 Å². The lowest BCUT2D eigenvalue weighted by Gasteiger charge is -2.09. The van der Waals surface area contributed by atoms with E-state index in [1.165, 1.54) is 13.1 Å². The van der Waals surface area contributed by atoms with Crippen molar-refractivity contribution in [3.05, 3.63) is 24.4 Å². The summed E-state index contributed by atoms with van der Waals surface area (Å²) in [7, 11) is 3.13. The number of rotatable bonds is 4. The van der Waals surface area contributed by atoms with E-state index in [1.54, 1.807) is 26.4 Å². The topological polar surface area (TPSA) is 73.6 Å². The number of benzene rings is 1. The van der Waals surface area contributed by atoms with Crippen molar-refractivity contribution in [3.8, 4) is 22.6 Å². The smallest absolute Gasteiger partial charge is 0.239 e. The lowest BCUT2D eigenvalue weighted by molar-refractivity contribution is -0.114. The number of carbonyl (C=O) groups excluding carboxylic acids is 1. The van der Waals surface area contributed by atoms with Crippen molar-refractivity contribution >= 4 is 11.8 Å². The van der Waals surface area contributed by atoms with Gasteiger partial charge in [-0.05, 0) is 17.7 Å². The van der Waals surface area contributed by atoms with E-state index in [2.05, 4.69) is 10.5 Å². The van der Waals surface area contributed by atoms with Crippen LogP contribution < -0.4 is 14.8 Å². The van der Waals surface area contributed by atoms with Crippen molar-refractivity contribution < 1.29 is 18.8 Å². The average Bonchev–Trinajstić information content (AvgIpc) is 2.85. The minimum atomic E-state index is -0.224. The number of aromatic nitrogens is 1. The van der Waals surface area contributed by atoms with Crippen molar-refractivity contribution in [1.82, 2.24) is 5.16 Å². The van der Waals surface area contributed by atoms with Gasteiger partial charge in [-0.15, -0.1) is 0 Å². The maximum absolute atomic E-state index is 11.1. The van der Waals surface area contributed by atoms with Crippen LogP contribution in [0.25, 0.3) is 11.1 Å². The number of nitrogens with one attached hydrogen (secondary N) is 1. The second-order valence-corrected chi connectivity index (χ2v) is 3.82. The standard InChI is InChI=1S/C13H14N2O4/c1-8(16)15-13-10(7-14-19-13)9-4-5-11(17-2)12(6-9)18-3/h4-7H,1-3H3,(H,15,16). The van der Waals surface area contributed by atoms with E-state index in [1.807, 2.05) is 6.07 Å². The van der Waals surface area contributed by atoms with E-state index in [4.69, 9.17) is 14.0 Å². The summed E-state index contributed by atoms with van der Waals surface area (Å²) in [6, 6.07) is 5.40. The zero-order valence-electron chi connectivity index (χ0n) is 10.9. The van der Waals surface area contributed by atoms with Crippen LogP contribution in [0.1, 0.15) is 6.92 Å². The summed E-state index contributed by atoms with van der Waals surface area (Å²) in [5.74, 6) is 1.30. The molecule has 0 aliphatic rings. The van der Waals surface area contributed by atoms with Gasteiger partial charge in [0.05, 0.1) is 26.0 Å². The zero-order valence-corrected chi connectivity index (χ0v) is 10.9. The molecule has 0 radical (unpaired) electrons. The summed E-state index contributed by atoms with van der Waals surface area (Å²) in [6.45, 7) is 1.40. The highest BCUT2D eigenvalue weighted by Crippen LogP contribution is 2.35. The molecule has 0 saturated carbocycles. The van der Waals surface area contributed by atoms with Gasteiger partial charge in [-0.3, -0.25) is 10.1 Å². The first-order chi connectivity index (χ1) is 9.15. The van der Waals surface area contributed by atoms with Gasteiger partial charge in [-0.1, -0.05) is 11.2 Å². The molecule has 0 spiro atoms. The van der Waals surface area contributed by atoms with E-state index < -0.39 is 0 Å². The molecular formula is C13H14N2O4. The summed E-state index contributed by atoms with van der Waals surface area (Å²) in [6.07, 6.45) is 1.53. The Morgan fingerprint density at radius 3 is 2.63 bits per heavy atom. The third kappa shape index (κ3) is 2.67.